The number of carbonyl (C=O) groups is 1. The van der Waals surface area contributed by atoms with E-state index in [1.165, 1.54) is 0 Å². The second kappa shape index (κ2) is 10.6. The number of hydrogen-bond acceptors (Lipinski definition) is 3. The summed E-state index contributed by atoms with van der Waals surface area (Å²) in [7, 11) is 0. The summed E-state index contributed by atoms with van der Waals surface area (Å²) >= 11 is 0. The Morgan fingerprint density at radius 2 is 2.21 bits per heavy atom. The van der Waals surface area contributed by atoms with Gasteiger partial charge in [0.05, 0.1) is 6.61 Å². The molecule has 1 aromatic carbocycles. The minimum absolute atomic E-state index is 0. The van der Waals surface area contributed by atoms with Gasteiger partial charge in [-0.1, -0.05) is 25.5 Å². The number of carbonyl (C=O) groups excluding carboxylic acids is 1. The molecule has 0 aromatic heterocycles. The summed E-state index contributed by atoms with van der Waals surface area (Å²) in [6.45, 7) is 3.77. The van der Waals surface area contributed by atoms with Crippen molar-refractivity contribution in [3.8, 4) is 5.75 Å². The molecule has 0 bridgehead atoms. The first-order valence-corrected chi connectivity index (χ1v) is 6.44. The first kappa shape index (κ1) is 17.7. The Hall–Kier alpha value is -1.26. The third-order valence-electron chi connectivity index (χ3n) is 2.53. The molecule has 0 heterocycles. The molecule has 4 nitrogen and oxygen atoms in total. The standard InChI is InChI=1S/C14H22N2O2.ClH/c1-2-3-9-18-13-6-4-5-12(10-13)11-16-14(17)7-8-15;/h4-6,10H,2-3,7-9,11,15H2,1H3,(H,16,17);1H. The van der Waals surface area contributed by atoms with Gasteiger partial charge in [-0.05, 0) is 24.1 Å². The molecule has 0 atom stereocenters. The molecule has 1 amide bonds. The second-order valence-corrected chi connectivity index (χ2v) is 4.16. The number of amides is 1. The molecule has 108 valence electrons. The maximum Gasteiger partial charge on any atom is 0.221 e. The van der Waals surface area contributed by atoms with Crippen LogP contribution in [-0.2, 0) is 11.3 Å². The van der Waals surface area contributed by atoms with Crippen LogP contribution in [0.3, 0.4) is 0 Å². The van der Waals surface area contributed by atoms with Crippen LogP contribution in [0.2, 0.25) is 0 Å². The van der Waals surface area contributed by atoms with Crippen molar-refractivity contribution in [2.24, 2.45) is 5.73 Å². The zero-order valence-electron chi connectivity index (χ0n) is 11.4. The van der Waals surface area contributed by atoms with Crippen molar-refractivity contribution in [1.29, 1.82) is 0 Å². The monoisotopic (exact) mass is 286 g/mol. The maximum absolute atomic E-state index is 11.3. The fourth-order valence-electron chi connectivity index (χ4n) is 1.50. The van der Waals surface area contributed by atoms with E-state index < -0.39 is 0 Å². The summed E-state index contributed by atoms with van der Waals surface area (Å²) in [5.74, 6) is 0.837. The smallest absolute Gasteiger partial charge is 0.221 e. The van der Waals surface area contributed by atoms with Crippen molar-refractivity contribution < 1.29 is 9.53 Å². The average Bonchev–Trinajstić information content (AvgIpc) is 2.38. The van der Waals surface area contributed by atoms with Crippen LogP contribution in [0.1, 0.15) is 31.7 Å². The molecule has 0 aliphatic rings. The zero-order valence-corrected chi connectivity index (χ0v) is 12.2. The molecule has 0 spiro atoms. The first-order valence-electron chi connectivity index (χ1n) is 6.44. The molecule has 19 heavy (non-hydrogen) atoms. The normalized spacial score (nSPS) is 9.58. The fourth-order valence-corrected chi connectivity index (χ4v) is 1.50. The van der Waals surface area contributed by atoms with Gasteiger partial charge < -0.3 is 15.8 Å². The third kappa shape index (κ3) is 7.70. The van der Waals surface area contributed by atoms with Gasteiger partial charge in [0.15, 0.2) is 0 Å². The van der Waals surface area contributed by atoms with Crippen LogP contribution >= 0.6 is 12.4 Å². The molecule has 0 aliphatic carbocycles. The van der Waals surface area contributed by atoms with E-state index in [0.717, 1.165) is 30.8 Å². The lowest BCUT2D eigenvalue weighted by molar-refractivity contribution is -0.121. The molecule has 5 heteroatoms. The van der Waals surface area contributed by atoms with Crippen molar-refractivity contribution in [2.45, 2.75) is 32.7 Å². The summed E-state index contributed by atoms with van der Waals surface area (Å²) in [6, 6.07) is 7.79. The van der Waals surface area contributed by atoms with Crippen molar-refractivity contribution in [3.05, 3.63) is 29.8 Å². The first-order chi connectivity index (χ1) is 8.76. The van der Waals surface area contributed by atoms with E-state index in [0.29, 0.717) is 19.5 Å². The summed E-state index contributed by atoms with van der Waals surface area (Å²) in [6.07, 6.45) is 2.54. The van der Waals surface area contributed by atoms with Gasteiger partial charge >= 0.3 is 0 Å². The van der Waals surface area contributed by atoms with Gasteiger partial charge in [-0.3, -0.25) is 4.79 Å². The summed E-state index contributed by atoms with van der Waals surface area (Å²) in [4.78, 5) is 11.3. The largest absolute Gasteiger partial charge is 0.494 e. The lowest BCUT2D eigenvalue weighted by Gasteiger charge is -2.08. The highest BCUT2D eigenvalue weighted by atomic mass is 35.5. The van der Waals surface area contributed by atoms with Gasteiger partial charge in [-0.2, -0.15) is 0 Å². The van der Waals surface area contributed by atoms with Gasteiger partial charge in [0.1, 0.15) is 5.75 Å². The van der Waals surface area contributed by atoms with E-state index in [9.17, 15) is 4.79 Å². The van der Waals surface area contributed by atoms with Crippen molar-refractivity contribution >= 4 is 18.3 Å². The van der Waals surface area contributed by atoms with Gasteiger partial charge in [-0.25, -0.2) is 0 Å². The molecule has 1 aromatic rings. The highest BCUT2D eigenvalue weighted by Crippen LogP contribution is 2.13. The van der Waals surface area contributed by atoms with Crippen molar-refractivity contribution in [2.75, 3.05) is 13.2 Å². The molecule has 0 saturated carbocycles. The molecule has 1 rings (SSSR count). The van der Waals surface area contributed by atoms with E-state index in [2.05, 4.69) is 12.2 Å². The number of nitrogens with one attached hydrogen (secondary N) is 1. The number of halogens is 1. The molecule has 0 saturated heterocycles. The highest BCUT2D eigenvalue weighted by Gasteiger charge is 2.01. The lowest BCUT2D eigenvalue weighted by atomic mass is 10.2. The molecule has 0 fully saturated rings. The van der Waals surface area contributed by atoms with Gasteiger partial charge in [0.25, 0.3) is 0 Å². The maximum atomic E-state index is 11.3. The lowest BCUT2D eigenvalue weighted by Crippen LogP contribution is -2.24. The molecular formula is C14H23ClN2O2. The fraction of sp³-hybridized carbons (Fsp3) is 0.500. The Morgan fingerprint density at radius 1 is 1.42 bits per heavy atom. The number of hydrogen-bond donors (Lipinski definition) is 2. The van der Waals surface area contributed by atoms with Gasteiger partial charge in [0, 0.05) is 19.5 Å². The number of nitrogens with two attached hydrogens (primary N) is 1. The van der Waals surface area contributed by atoms with Crippen LogP contribution in [0.4, 0.5) is 0 Å². The molecule has 0 radical (unpaired) electrons. The summed E-state index contributed by atoms with van der Waals surface area (Å²) in [5.41, 5.74) is 6.35. The highest BCUT2D eigenvalue weighted by molar-refractivity contribution is 5.85. The van der Waals surface area contributed by atoms with Gasteiger partial charge in [-0.15, -0.1) is 12.4 Å². The molecule has 3 N–H and O–H groups in total. The Balaban J connectivity index is 0.00000324. The number of rotatable bonds is 8. The predicted molar refractivity (Wildman–Crippen MR) is 79.6 cm³/mol. The number of ether oxygens (including phenoxy) is 1. The summed E-state index contributed by atoms with van der Waals surface area (Å²) in [5, 5.41) is 2.82. The van der Waals surface area contributed by atoms with Crippen molar-refractivity contribution in [3.63, 3.8) is 0 Å². The molecule has 0 aliphatic heterocycles. The zero-order chi connectivity index (χ0) is 13.2. The Kier molecular flexibility index (Phi) is 9.94. The van der Waals surface area contributed by atoms with Crippen molar-refractivity contribution in [1.82, 2.24) is 5.32 Å². The second-order valence-electron chi connectivity index (χ2n) is 4.16. The number of benzene rings is 1. The van der Waals surface area contributed by atoms with Crippen LogP contribution in [-0.4, -0.2) is 19.1 Å². The summed E-state index contributed by atoms with van der Waals surface area (Å²) < 4.78 is 5.61. The van der Waals surface area contributed by atoms with Crippen LogP contribution in [0.5, 0.6) is 5.75 Å². The minimum Gasteiger partial charge on any atom is -0.494 e. The van der Waals surface area contributed by atoms with Crippen LogP contribution in [0.25, 0.3) is 0 Å². The number of unbranched alkanes of at least 4 members (excludes halogenated alkanes) is 1. The topological polar surface area (TPSA) is 64.3 Å². The Bertz CT molecular complexity index is 372. The molecule has 0 unspecified atom stereocenters. The van der Waals surface area contributed by atoms with E-state index >= 15 is 0 Å². The van der Waals surface area contributed by atoms with E-state index in [1.54, 1.807) is 0 Å². The van der Waals surface area contributed by atoms with E-state index in [-0.39, 0.29) is 18.3 Å². The quantitative estimate of drug-likeness (QED) is 0.721. The van der Waals surface area contributed by atoms with E-state index in [4.69, 9.17) is 10.5 Å². The average molecular weight is 287 g/mol. The van der Waals surface area contributed by atoms with Gasteiger partial charge in [0.2, 0.25) is 5.91 Å². The Labute approximate surface area is 121 Å². The van der Waals surface area contributed by atoms with E-state index in [1.807, 2.05) is 24.3 Å². The van der Waals surface area contributed by atoms with Crippen LogP contribution in [0.15, 0.2) is 24.3 Å². The predicted octanol–water partition coefficient (Wildman–Crippen LogP) is 2.25. The third-order valence-corrected chi connectivity index (χ3v) is 2.53. The SMILES string of the molecule is CCCCOc1cccc(CNC(=O)CCN)c1.Cl. The Morgan fingerprint density at radius 3 is 2.89 bits per heavy atom. The van der Waals surface area contributed by atoms with Crippen LogP contribution < -0.4 is 15.8 Å². The molecular weight excluding hydrogens is 264 g/mol. The minimum atomic E-state index is -0.0187. The van der Waals surface area contributed by atoms with Crippen LogP contribution in [0, 0.1) is 0 Å².